The fraction of sp³-hybridized carbons (Fsp3) is 0.400. The molecule has 3 N–H and O–H groups in total. The van der Waals surface area contributed by atoms with E-state index in [0.29, 0.717) is 0 Å². The van der Waals surface area contributed by atoms with Gasteiger partial charge >= 0.3 is 0 Å². The van der Waals surface area contributed by atoms with Crippen molar-refractivity contribution in [1.29, 1.82) is 0 Å². The van der Waals surface area contributed by atoms with Crippen LogP contribution in [0.1, 0.15) is 17.9 Å². The van der Waals surface area contributed by atoms with Gasteiger partial charge in [-0.15, -0.1) is 0 Å². The Bertz CT molecular complexity index is 328. The molecule has 0 aromatic heterocycles. The van der Waals surface area contributed by atoms with Gasteiger partial charge < -0.3 is 10.8 Å². The van der Waals surface area contributed by atoms with Crippen LogP contribution in [0.5, 0.6) is 0 Å². The smallest absolute Gasteiger partial charge is 0.0617 e. The lowest BCUT2D eigenvalue weighted by Gasteiger charge is -2.06. The molecule has 3 heteroatoms. The summed E-state index contributed by atoms with van der Waals surface area (Å²) in [6, 6.07) is 7.66. The van der Waals surface area contributed by atoms with Gasteiger partial charge in [0.1, 0.15) is 0 Å². The summed E-state index contributed by atoms with van der Waals surface area (Å²) in [5.41, 5.74) is 6.61. The first-order valence-corrected chi connectivity index (χ1v) is 4.69. The van der Waals surface area contributed by atoms with E-state index in [1.54, 1.807) is 0 Å². The molecule has 0 saturated heterocycles. The summed E-state index contributed by atoms with van der Waals surface area (Å²) >= 11 is 5.85. The van der Waals surface area contributed by atoms with Crippen LogP contribution in [0.2, 0.25) is 5.02 Å². The van der Waals surface area contributed by atoms with Crippen molar-refractivity contribution in [3.05, 3.63) is 34.9 Å². The molecule has 2 atom stereocenters. The molecule has 13 heavy (non-hydrogen) atoms. The molecule has 1 aromatic carbocycles. The van der Waals surface area contributed by atoms with Gasteiger partial charge in [-0.2, -0.15) is 0 Å². The van der Waals surface area contributed by atoms with Crippen molar-refractivity contribution in [2.75, 3.05) is 6.61 Å². The Hall–Kier alpha value is -0.570. The van der Waals surface area contributed by atoms with Crippen LogP contribution in [-0.2, 0) is 0 Å². The predicted octanol–water partition coefficient (Wildman–Crippen LogP) is 1.52. The van der Waals surface area contributed by atoms with E-state index >= 15 is 0 Å². The molecule has 1 saturated carbocycles. The van der Waals surface area contributed by atoms with E-state index < -0.39 is 5.54 Å². The first-order chi connectivity index (χ1) is 6.15. The molecule has 2 nitrogen and oxygen atoms in total. The Morgan fingerprint density at radius 2 is 2.38 bits per heavy atom. The van der Waals surface area contributed by atoms with Gasteiger partial charge in [0.25, 0.3) is 0 Å². The monoisotopic (exact) mass is 197 g/mol. The van der Waals surface area contributed by atoms with Crippen LogP contribution < -0.4 is 5.73 Å². The molecule has 70 valence electrons. The van der Waals surface area contributed by atoms with Crippen LogP contribution >= 0.6 is 11.6 Å². The summed E-state index contributed by atoms with van der Waals surface area (Å²) < 4.78 is 0. The molecule has 1 aromatic rings. The topological polar surface area (TPSA) is 46.2 Å². The van der Waals surface area contributed by atoms with E-state index in [-0.39, 0.29) is 12.5 Å². The molecule has 0 bridgehead atoms. The number of nitrogens with two attached hydrogens (primary N) is 1. The van der Waals surface area contributed by atoms with Crippen LogP contribution in [0.25, 0.3) is 0 Å². The maximum Gasteiger partial charge on any atom is 0.0617 e. The van der Waals surface area contributed by atoms with Crippen LogP contribution in [0.15, 0.2) is 24.3 Å². The molecule has 1 fully saturated rings. The van der Waals surface area contributed by atoms with Gasteiger partial charge in [-0.05, 0) is 24.1 Å². The standard InChI is InChI=1S/C10H12ClNO/c11-8-3-1-2-7(4-8)9-5-10(9,12)6-13/h1-4,9,13H,5-6,12H2. The van der Waals surface area contributed by atoms with Crippen LogP contribution in [0, 0.1) is 0 Å². The number of aliphatic hydroxyl groups is 1. The fourth-order valence-corrected chi connectivity index (χ4v) is 1.87. The molecule has 0 aliphatic heterocycles. The summed E-state index contributed by atoms with van der Waals surface area (Å²) in [7, 11) is 0. The zero-order valence-corrected chi connectivity index (χ0v) is 7.96. The quantitative estimate of drug-likeness (QED) is 0.755. The summed E-state index contributed by atoms with van der Waals surface area (Å²) in [5.74, 6) is 0.274. The van der Waals surface area contributed by atoms with Crippen molar-refractivity contribution in [3.8, 4) is 0 Å². The number of hydrogen-bond donors (Lipinski definition) is 2. The van der Waals surface area contributed by atoms with E-state index in [9.17, 15) is 0 Å². The number of hydrogen-bond acceptors (Lipinski definition) is 2. The lowest BCUT2D eigenvalue weighted by molar-refractivity contribution is 0.253. The third kappa shape index (κ3) is 1.57. The highest BCUT2D eigenvalue weighted by Crippen LogP contribution is 2.49. The van der Waals surface area contributed by atoms with Crippen LogP contribution in [0.3, 0.4) is 0 Å². The van der Waals surface area contributed by atoms with Crippen LogP contribution in [-0.4, -0.2) is 17.3 Å². The SMILES string of the molecule is NC1(CO)CC1c1cccc(Cl)c1. The second-order valence-corrected chi connectivity index (χ2v) is 4.14. The predicted molar refractivity (Wildman–Crippen MR) is 52.8 cm³/mol. The van der Waals surface area contributed by atoms with Crippen molar-refractivity contribution in [1.82, 2.24) is 0 Å². The lowest BCUT2D eigenvalue weighted by atomic mass is 10.1. The maximum atomic E-state index is 9.01. The van der Waals surface area contributed by atoms with Gasteiger partial charge in [0, 0.05) is 16.5 Å². The van der Waals surface area contributed by atoms with E-state index in [1.807, 2.05) is 24.3 Å². The molecule has 1 aliphatic carbocycles. The van der Waals surface area contributed by atoms with Crippen LogP contribution in [0.4, 0.5) is 0 Å². The Morgan fingerprint density at radius 3 is 2.92 bits per heavy atom. The highest BCUT2D eigenvalue weighted by atomic mass is 35.5. The first-order valence-electron chi connectivity index (χ1n) is 4.31. The van der Waals surface area contributed by atoms with Gasteiger partial charge in [0.2, 0.25) is 0 Å². The Kier molecular flexibility index (Phi) is 2.06. The maximum absolute atomic E-state index is 9.01. The van der Waals surface area contributed by atoms with Crippen molar-refractivity contribution >= 4 is 11.6 Å². The second kappa shape index (κ2) is 2.98. The normalized spacial score (nSPS) is 31.8. The first kappa shape index (κ1) is 9.00. The summed E-state index contributed by atoms with van der Waals surface area (Å²) in [6.45, 7) is 0.0458. The molecule has 0 spiro atoms. The number of halogens is 1. The minimum Gasteiger partial charge on any atom is -0.394 e. The summed E-state index contributed by atoms with van der Waals surface area (Å²) in [6.07, 6.45) is 0.851. The molecule has 0 amide bonds. The number of rotatable bonds is 2. The minimum atomic E-state index is -0.398. The number of benzene rings is 1. The van der Waals surface area contributed by atoms with Crippen molar-refractivity contribution < 1.29 is 5.11 Å². The number of aliphatic hydroxyl groups excluding tert-OH is 1. The molecule has 1 aliphatic rings. The van der Waals surface area contributed by atoms with Gasteiger partial charge in [-0.3, -0.25) is 0 Å². The average molecular weight is 198 g/mol. The highest BCUT2D eigenvalue weighted by Gasteiger charge is 2.51. The molecular formula is C10H12ClNO. The zero-order chi connectivity index (χ0) is 9.47. The molecule has 0 radical (unpaired) electrons. The van der Waals surface area contributed by atoms with E-state index in [4.69, 9.17) is 22.4 Å². The average Bonchev–Trinajstić information content (AvgIpc) is 2.79. The van der Waals surface area contributed by atoms with Crippen molar-refractivity contribution in [2.24, 2.45) is 5.73 Å². The van der Waals surface area contributed by atoms with E-state index in [2.05, 4.69) is 0 Å². The summed E-state index contributed by atoms with van der Waals surface area (Å²) in [5, 5.41) is 9.73. The third-order valence-corrected chi connectivity index (χ3v) is 2.90. The minimum absolute atomic E-state index is 0.0458. The van der Waals surface area contributed by atoms with Crippen molar-refractivity contribution in [2.45, 2.75) is 17.9 Å². The van der Waals surface area contributed by atoms with E-state index in [0.717, 1.165) is 17.0 Å². The zero-order valence-electron chi connectivity index (χ0n) is 7.20. The summed E-state index contributed by atoms with van der Waals surface area (Å²) in [4.78, 5) is 0. The molecule has 0 heterocycles. The molecular weight excluding hydrogens is 186 g/mol. The van der Waals surface area contributed by atoms with E-state index in [1.165, 1.54) is 0 Å². The van der Waals surface area contributed by atoms with Gasteiger partial charge in [-0.1, -0.05) is 23.7 Å². The largest absolute Gasteiger partial charge is 0.394 e. The van der Waals surface area contributed by atoms with Gasteiger partial charge in [0.15, 0.2) is 0 Å². The fourth-order valence-electron chi connectivity index (χ4n) is 1.67. The highest BCUT2D eigenvalue weighted by molar-refractivity contribution is 6.30. The third-order valence-electron chi connectivity index (χ3n) is 2.66. The van der Waals surface area contributed by atoms with Crippen molar-refractivity contribution in [3.63, 3.8) is 0 Å². The molecule has 2 unspecified atom stereocenters. The Balaban J connectivity index is 2.20. The Morgan fingerprint density at radius 1 is 1.62 bits per heavy atom. The Labute approximate surface area is 82.3 Å². The van der Waals surface area contributed by atoms with Gasteiger partial charge in [-0.25, -0.2) is 0 Å². The van der Waals surface area contributed by atoms with Gasteiger partial charge in [0.05, 0.1) is 6.61 Å². The lowest BCUT2D eigenvalue weighted by Crippen LogP contribution is -2.28. The second-order valence-electron chi connectivity index (χ2n) is 3.70. The molecule has 2 rings (SSSR count).